The van der Waals surface area contributed by atoms with E-state index in [1.54, 1.807) is 0 Å². The zero-order valence-corrected chi connectivity index (χ0v) is 13.3. The third-order valence-electron chi connectivity index (χ3n) is 4.88. The molecule has 1 heterocycles. The van der Waals surface area contributed by atoms with Crippen LogP contribution in [0.2, 0.25) is 10.0 Å². The van der Waals surface area contributed by atoms with Crippen molar-refractivity contribution in [3.05, 3.63) is 27.7 Å². The van der Waals surface area contributed by atoms with Gasteiger partial charge in [0.2, 0.25) is 0 Å². The molecule has 0 unspecified atom stereocenters. The standard InChI is InChI=1S/C16H22Cl2N2/c17-13-8-11(9-14(18)16(13)19)10-20-7-3-5-12-4-1-2-6-15(12)20/h8-9,12,15H,1-7,10,19H2/t12-,15-/m1/s1. The summed E-state index contributed by atoms with van der Waals surface area (Å²) in [5.74, 6) is 0.900. The first-order chi connectivity index (χ1) is 9.65. The maximum absolute atomic E-state index is 6.15. The lowest BCUT2D eigenvalue weighted by atomic mass is 9.78. The van der Waals surface area contributed by atoms with Crippen molar-refractivity contribution in [1.82, 2.24) is 4.90 Å². The third-order valence-corrected chi connectivity index (χ3v) is 5.51. The van der Waals surface area contributed by atoms with E-state index in [1.165, 1.54) is 50.6 Å². The van der Waals surface area contributed by atoms with Gasteiger partial charge in [0, 0.05) is 12.6 Å². The molecule has 1 aliphatic heterocycles. The largest absolute Gasteiger partial charge is 0.396 e. The third kappa shape index (κ3) is 2.93. The second-order valence-corrected chi connectivity index (χ2v) is 7.01. The molecule has 1 aromatic rings. The van der Waals surface area contributed by atoms with Crippen LogP contribution in [0.25, 0.3) is 0 Å². The van der Waals surface area contributed by atoms with Gasteiger partial charge >= 0.3 is 0 Å². The molecule has 0 radical (unpaired) electrons. The molecular formula is C16H22Cl2N2. The Morgan fingerprint density at radius 2 is 1.70 bits per heavy atom. The normalized spacial score (nSPS) is 27.3. The predicted octanol–water partition coefficient (Wildman–Crippen LogP) is 4.73. The van der Waals surface area contributed by atoms with Crippen LogP contribution in [-0.4, -0.2) is 17.5 Å². The van der Waals surface area contributed by atoms with E-state index in [1.807, 2.05) is 12.1 Å². The van der Waals surface area contributed by atoms with E-state index in [4.69, 9.17) is 28.9 Å². The molecule has 1 saturated heterocycles. The Kier molecular flexibility index (Phi) is 4.44. The van der Waals surface area contributed by atoms with Crippen LogP contribution in [0.5, 0.6) is 0 Å². The number of likely N-dealkylation sites (tertiary alicyclic amines) is 1. The Bertz CT molecular complexity index is 464. The lowest BCUT2D eigenvalue weighted by molar-refractivity contribution is 0.0547. The van der Waals surface area contributed by atoms with Crippen molar-refractivity contribution in [3.63, 3.8) is 0 Å². The summed E-state index contributed by atoms with van der Waals surface area (Å²) in [7, 11) is 0. The maximum Gasteiger partial charge on any atom is 0.0693 e. The second kappa shape index (κ2) is 6.13. The van der Waals surface area contributed by atoms with E-state index >= 15 is 0 Å². The van der Waals surface area contributed by atoms with E-state index < -0.39 is 0 Å². The zero-order valence-electron chi connectivity index (χ0n) is 11.7. The highest BCUT2D eigenvalue weighted by Gasteiger charge is 2.32. The molecule has 0 amide bonds. The molecule has 0 bridgehead atoms. The topological polar surface area (TPSA) is 29.3 Å². The summed E-state index contributed by atoms with van der Waals surface area (Å²) in [4.78, 5) is 2.63. The van der Waals surface area contributed by atoms with Gasteiger partial charge in [-0.25, -0.2) is 0 Å². The summed E-state index contributed by atoms with van der Waals surface area (Å²) < 4.78 is 0. The van der Waals surface area contributed by atoms with E-state index in [9.17, 15) is 0 Å². The first kappa shape index (κ1) is 14.5. The number of piperidine rings is 1. The number of nitrogens with zero attached hydrogens (tertiary/aromatic N) is 1. The van der Waals surface area contributed by atoms with Gasteiger partial charge in [-0.15, -0.1) is 0 Å². The van der Waals surface area contributed by atoms with Gasteiger partial charge in [-0.3, -0.25) is 4.90 Å². The fourth-order valence-corrected chi connectivity index (χ4v) is 4.42. The molecule has 2 N–H and O–H groups in total. The Labute approximate surface area is 131 Å². The molecule has 2 fully saturated rings. The van der Waals surface area contributed by atoms with Gasteiger partial charge in [-0.2, -0.15) is 0 Å². The lowest BCUT2D eigenvalue weighted by Crippen LogP contribution is -2.46. The monoisotopic (exact) mass is 312 g/mol. The van der Waals surface area contributed by atoms with Crippen LogP contribution in [-0.2, 0) is 6.54 Å². The average molecular weight is 313 g/mol. The summed E-state index contributed by atoms with van der Waals surface area (Å²) in [5.41, 5.74) is 7.49. The average Bonchev–Trinajstić information content (AvgIpc) is 2.45. The highest BCUT2D eigenvalue weighted by molar-refractivity contribution is 6.38. The van der Waals surface area contributed by atoms with Crippen LogP contribution in [0, 0.1) is 5.92 Å². The van der Waals surface area contributed by atoms with Crippen LogP contribution >= 0.6 is 23.2 Å². The molecule has 1 saturated carbocycles. The molecule has 2 atom stereocenters. The molecule has 110 valence electrons. The van der Waals surface area contributed by atoms with Crippen molar-refractivity contribution in [2.24, 2.45) is 5.92 Å². The van der Waals surface area contributed by atoms with Gasteiger partial charge in [-0.1, -0.05) is 36.0 Å². The number of anilines is 1. The van der Waals surface area contributed by atoms with Gasteiger partial charge in [0.25, 0.3) is 0 Å². The smallest absolute Gasteiger partial charge is 0.0693 e. The summed E-state index contributed by atoms with van der Waals surface area (Å²) in [5, 5.41) is 1.15. The van der Waals surface area contributed by atoms with E-state index in [0.717, 1.165) is 18.5 Å². The summed E-state index contributed by atoms with van der Waals surface area (Å²) in [6.07, 6.45) is 8.27. The van der Waals surface area contributed by atoms with Crippen molar-refractivity contribution >= 4 is 28.9 Å². The quantitative estimate of drug-likeness (QED) is 0.800. The minimum atomic E-state index is 0.492. The SMILES string of the molecule is Nc1c(Cl)cc(CN2CCC[C@H]3CCCC[C@H]32)cc1Cl. The van der Waals surface area contributed by atoms with Crippen LogP contribution < -0.4 is 5.73 Å². The van der Waals surface area contributed by atoms with Crippen molar-refractivity contribution in [1.29, 1.82) is 0 Å². The number of rotatable bonds is 2. The number of hydrogen-bond donors (Lipinski definition) is 1. The first-order valence-electron chi connectivity index (χ1n) is 7.62. The summed E-state index contributed by atoms with van der Waals surface area (Å²) in [6.45, 7) is 2.14. The minimum Gasteiger partial charge on any atom is -0.396 e. The number of nitrogen functional groups attached to an aromatic ring is 1. The molecule has 3 rings (SSSR count). The van der Waals surface area contributed by atoms with Gasteiger partial charge in [0.15, 0.2) is 0 Å². The molecule has 0 spiro atoms. The van der Waals surface area contributed by atoms with Crippen LogP contribution in [0.15, 0.2) is 12.1 Å². The van der Waals surface area contributed by atoms with Crippen LogP contribution in [0.4, 0.5) is 5.69 Å². The predicted molar refractivity (Wildman–Crippen MR) is 86.3 cm³/mol. The van der Waals surface area contributed by atoms with E-state index in [-0.39, 0.29) is 0 Å². The molecule has 2 nitrogen and oxygen atoms in total. The number of fused-ring (bicyclic) bond motifs is 1. The number of halogens is 2. The Hall–Kier alpha value is -0.440. The highest BCUT2D eigenvalue weighted by Crippen LogP contribution is 2.37. The van der Waals surface area contributed by atoms with Gasteiger partial charge in [-0.05, 0) is 55.8 Å². The first-order valence-corrected chi connectivity index (χ1v) is 8.38. The molecule has 4 heteroatoms. The van der Waals surface area contributed by atoms with Crippen molar-refractivity contribution in [2.45, 2.75) is 51.1 Å². The van der Waals surface area contributed by atoms with Crippen molar-refractivity contribution in [3.8, 4) is 0 Å². The minimum absolute atomic E-state index is 0.492. The Balaban J connectivity index is 1.76. The van der Waals surface area contributed by atoms with Gasteiger partial charge < -0.3 is 5.73 Å². The molecular weight excluding hydrogens is 291 g/mol. The molecule has 1 aliphatic carbocycles. The van der Waals surface area contributed by atoms with E-state index in [2.05, 4.69) is 4.90 Å². The Morgan fingerprint density at radius 1 is 1.05 bits per heavy atom. The lowest BCUT2D eigenvalue weighted by Gasteiger charge is -2.44. The second-order valence-electron chi connectivity index (χ2n) is 6.20. The summed E-state index contributed by atoms with van der Waals surface area (Å²) in [6, 6.07) is 4.69. The van der Waals surface area contributed by atoms with E-state index in [0.29, 0.717) is 15.7 Å². The van der Waals surface area contributed by atoms with Crippen molar-refractivity contribution in [2.75, 3.05) is 12.3 Å². The highest BCUT2D eigenvalue weighted by atomic mass is 35.5. The fraction of sp³-hybridized carbons (Fsp3) is 0.625. The fourth-order valence-electron chi connectivity index (χ4n) is 3.89. The molecule has 0 aromatic heterocycles. The number of nitrogens with two attached hydrogens (primary N) is 1. The summed E-state index contributed by atoms with van der Waals surface area (Å²) >= 11 is 12.3. The molecule has 2 aliphatic rings. The number of benzene rings is 1. The maximum atomic E-state index is 6.15. The number of hydrogen-bond acceptors (Lipinski definition) is 2. The molecule has 1 aromatic carbocycles. The zero-order chi connectivity index (χ0) is 14.1. The Morgan fingerprint density at radius 3 is 2.45 bits per heavy atom. The van der Waals surface area contributed by atoms with Gasteiger partial charge in [0.1, 0.15) is 0 Å². The molecule has 20 heavy (non-hydrogen) atoms. The van der Waals surface area contributed by atoms with Crippen LogP contribution in [0.3, 0.4) is 0 Å². The van der Waals surface area contributed by atoms with Crippen LogP contribution in [0.1, 0.15) is 44.1 Å². The van der Waals surface area contributed by atoms with Crippen molar-refractivity contribution < 1.29 is 0 Å². The van der Waals surface area contributed by atoms with Gasteiger partial charge in [0.05, 0.1) is 15.7 Å².